The second kappa shape index (κ2) is 7.89. The van der Waals surface area contributed by atoms with Gasteiger partial charge in [0, 0.05) is 19.1 Å². The van der Waals surface area contributed by atoms with Crippen molar-refractivity contribution in [3.63, 3.8) is 0 Å². The minimum atomic E-state index is -3.93. The molecule has 1 unspecified atom stereocenters. The molecule has 2 saturated heterocycles. The molecule has 1 atom stereocenters. The van der Waals surface area contributed by atoms with Crippen LogP contribution in [-0.4, -0.2) is 46.8 Å². The van der Waals surface area contributed by atoms with Crippen molar-refractivity contribution in [2.75, 3.05) is 19.6 Å². The van der Waals surface area contributed by atoms with Gasteiger partial charge in [-0.15, -0.1) is 12.4 Å². The number of sulfonamides is 2. The lowest BCUT2D eigenvalue weighted by Gasteiger charge is -2.34. The third kappa shape index (κ3) is 4.53. The molecule has 10 heteroatoms. The van der Waals surface area contributed by atoms with Crippen LogP contribution in [0.15, 0.2) is 34.1 Å². The number of nitrogens with zero attached hydrogens (tertiary/aromatic N) is 1. The van der Waals surface area contributed by atoms with Gasteiger partial charge in [0.25, 0.3) is 0 Å². The van der Waals surface area contributed by atoms with E-state index in [1.807, 2.05) is 0 Å². The van der Waals surface area contributed by atoms with E-state index in [2.05, 4.69) is 5.32 Å². The van der Waals surface area contributed by atoms with E-state index in [9.17, 15) is 16.8 Å². The summed E-state index contributed by atoms with van der Waals surface area (Å²) < 4.78 is 49.9. The van der Waals surface area contributed by atoms with Gasteiger partial charge in [-0.2, -0.15) is 4.31 Å². The summed E-state index contributed by atoms with van der Waals surface area (Å²) >= 11 is 0. The van der Waals surface area contributed by atoms with Crippen LogP contribution in [0.25, 0.3) is 0 Å². The molecule has 0 aliphatic carbocycles. The molecular formula is C15H24ClN3O4S2. The molecule has 3 rings (SSSR count). The minimum absolute atomic E-state index is 0. The fourth-order valence-corrected chi connectivity index (χ4v) is 5.74. The van der Waals surface area contributed by atoms with Gasteiger partial charge in [-0.1, -0.05) is 6.07 Å². The SMILES string of the molecule is Cl.NS(=O)(=O)c1cccc(S(=O)(=O)N2CCC(C3CCCN3)CC2)c1. The smallest absolute Gasteiger partial charge is 0.243 e. The van der Waals surface area contributed by atoms with Crippen molar-refractivity contribution in [3.05, 3.63) is 24.3 Å². The second-order valence-electron chi connectivity index (χ2n) is 6.46. The number of hydrogen-bond acceptors (Lipinski definition) is 5. The molecule has 2 fully saturated rings. The van der Waals surface area contributed by atoms with Crippen LogP contribution >= 0.6 is 12.4 Å². The minimum Gasteiger partial charge on any atom is -0.314 e. The summed E-state index contributed by atoms with van der Waals surface area (Å²) in [6.45, 7) is 1.97. The normalized spacial score (nSPS) is 23.3. The van der Waals surface area contributed by atoms with Crippen LogP contribution in [0, 0.1) is 5.92 Å². The Morgan fingerprint density at radius 3 is 2.24 bits per heavy atom. The molecule has 0 aromatic heterocycles. The average molecular weight is 410 g/mol. The van der Waals surface area contributed by atoms with Gasteiger partial charge in [0.15, 0.2) is 0 Å². The average Bonchev–Trinajstić information content (AvgIpc) is 3.09. The van der Waals surface area contributed by atoms with Crippen molar-refractivity contribution in [1.82, 2.24) is 9.62 Å². The number of piperidine rings is 1. The summed E-state index contributed by atoms with van der Waals surface area (Å²) in [6, 6.07) is 5.75. The molecule has 3 N–H and O–H groups in total. The lowest BCUT2D eigenvalue weighted by atomic mass is 9.89. The zero-order chi connectivity index (χ0) is 17.4. The summed E-state index contributed by atoms with van der Waals surface area (Å²) in [7, 11) is -7.63. The lowest BCUT2D eigenvalue weighted by Crippen LogP contribution is -2.43. The van der Waals surface area contributed by atoms with Gasteiger partial charge in [0.05, 0.1) is 9.79 Å². The van der Waals surface area contributed by atoms with E-state index in [1.54, 1.807) is 0 Å². The highest BCUT2D eigenvalue weighted by atomic mass is 35.5. The van der Waals surface area contributed by atoms with Crippen LogP contribution in [0.1, 0.15) is 25.7 Å². The van der Waals surface area contributed by atoms with Crippen molar-refractivity contribution in [2.24, 2.45) is 11.1 Å². The van der Waals surface area contributed by atoms with Crippen LogP contribution in [0.5, 0.6) is 0 Å². The van der Waals surface area contributed by atoms with Crippen molar-refractivity contribution >= 4 is 32.5 Å². The molecule has 2 heterocycles. The molecular weight excluding hydrogens is 386 g/mol. The highest BCUT2D eigenvalue weighted by molar-refractivity contribution is 7.90. The van der Waals surface area contributed by atoms with Crippen molar-refractivity contribution < 1.29 is 16.8 Å². The Kier molecular flexibility index (Phi) is 6.50. The molecule has 0 saturated carbocycles. The maximum Gasteiger partial charge on any atom is 0.243 e. The van der Waals surface area contributed by atoms with Crippen molar-refractivity contribution in [1.29, 1.82) is 0 Å². The van der Waals surface area contributed by atoms with Gasteiger partial charge in [0.1, 0.15) is 0 Å². The van der Waals surface area contributed by atoms with Crippen molar-refractivity contribution in [3.8, 4) is 0 Å². The number of benzene rings is 1. The van der Waals surface area contributed by atoms with E-state index in [0.29, 0.717) is 25.0 Å². The van der Waals surface area contributed by atoms with E-state index in [4.69, 9.17) is 5.14 Å². The molecule has 0 amide bonds. The number of rotatable bonds is 4. The van der Waals surface area contributed by atoms with Gasteiger partial charge in [-0.3, -0.25) is 0 Å². The standard InChI is InChI=1S/C15H23N3O4S2.ClH/c16-23(19,20)13-3-1-4-14(11-13)24(21,22)18-9-6-12(7-10-18)15-5-2-8-17-15;/h1,3-4,11-12,15,17H,2,5-10H2,(H2,16,19,20);1H. The Bertz CT molecular complexity index is 800. The lowest BCUT2D eigenvalue weighted by molar-refractivity contribution is 0.234. The maximum atomic E-state index is 12.8. The summed E-state index contributed by atoms with van der Waals surface area (Å²) in [4.78, 5) is -0.208. The van der Waals surface area contributed by atoms with Gasteiger partial charge < -0.3 is 5.32 Å². The summed E-state index contributed by atoms with van der Waals surface area (Å²) in [6.07, 6.45) is 3.99. The van der Waals surface area contributed by atoms with E-state index < -0.39 is 20.0 Å². The largest absolute Gasteiger partial charge is 0.314 e. The van der Waals surface area contributed by atoms with Gasteiger partial charge >= 0.3 is 0 Å². The first kappa shape index (κ1) is 20.6. The number of halogens is 1. The number of nitrogens with one attached hydrogen (secondary N) is 1. The molecule has 0 radical (unpaired) electrons. The quantitative estimate of drug-likeness (QED) is 0.768. The van der Waals surface area contributed by atoms with Crippen LogP contribution in [0.3, 0.4) is 0 Å². The molecule has 2 aliphatic heterocycles. The summed E-state index contributed by atoms with van der Waals surface area (Å²) in [5, 5.41) is 8.58. The van der Waals surface area contributed by atoms with E-state index >= 15 is 0 Å². The molecule has 0 spiro atoms. The van der Waals surface area contributed by atoms with E-state index in [1.165, 1.54) is 28.9 Å². The molecule has 142 valence electrons. The third-order valence-corrected chi connectivity index (χ3v) is 7.74. The zero-order valence-corrected chi connectivity index (χ0v) is 16.2. The van der Waals surface area contributed by atoms with Gasteiger partial charge in [0.2, 0.25) is 20.0 Å². The molecule has 2 aliphatic rings. The first-order valence-electron chi connectivity index (χ1n) is 8.15. The van der Waals surface area contributed by atoms with Crippen LogP contribution < -0.4 is 10.5 Å². The first-order valence-corrected chi connectivity index (χ1v) is 11.1. The van der Waals surface area contributed by atoms with Gasteiger partial charge in [-0.05, 0) is 56.3 Å². The fraction of sp³-hybridized carbons (Fsp3) is 0.600. The number of nitrogens with two attached hydrogens (primary N) is 1. The number of hydrogen-bond donors (Lipinski definition) is 2. The molecule has 7 nitrogen and oxygen atoms in total. The van der Waals surface area contributed by atoms with E-state index in [0.717, 1.165) is 31.9 Å². The Labute approximate surface area is 155 Å². The highest BCUT2D eigenvalue weighted by Crippen LogP contribution is 2.29. The number of primary sulfonamides is 1. The first-order chi connectivity index (χ1) is 11.3. The van der Waals surface area contributed by atoms with Crippen molar-refractivity contribution in [2.45, 2.75) is 41.5 Å². The monoisotopic (exact) mass is 409 g/mol. The third-order valence-electron chi connectivity index (χ3n) is 4.94. The van der Waals surface area contributed by atoms with Crippen LogP contribution in [-0.2, 0) is 20.0 Å². The van der Waals surface area contributed by atoms with E-state index in [-0.39, 0.29) is 22.2 Å². The highest BCUT2D eigenvalue weighted by Gasteiger charge is 2.33. The van der Waals surface area contributed by atoms with Gasteiger partial charge in [-0.25, -0.2) is 22.0 Å². The molecule has 1 aromatic rings. The topological polar surface area (TPSA) is 110 Å². The predicted molar refractivity (Wildman–Crippen MR) is 97.6 cm³/mol. The Balaban J connectivity index is 0.00000225. The van der Waals surface area contributed by atoms with Crippen LogP contribution in [0.2, 0.25) is 0 Å². The second-order valence-corrected chi connectivity index (χ2v) is 9.96. The Morgan fingerprint density at radius 2 is 1.68 bits per heavy atom. The molecule has 25 heavy (non-hydrogen) atoms. The van der Waals surface area contributed by atoms with Crippen LogP contribution in [0.4, 0.5) is 0 Å². The molecule has 1 aromatic carbocycles. The Hall–Kier alpha value is -0.710. The zero-order valence-electron chi connectivity index (χ0n) is 13.8. The summed E-state index contributed by atoms with van der Waals surface area (Å²) in [5.41, 5.74) is 0. The maximum absolute atomic E-state index is 12.8. The predicted octanol–water partition coefficient (Wildman–Crippen LogP) is 0.908. The fourth-order valence-electron chi connectivity index (χ4n) is 3.59. The Morgan fingerprint density at radius 1 is 1.04 bits per heavy atom. The molecule has 0 bridgehead atoms. The summed E-state index contributed by atoms with van der Waals surface area (Å²) in [5.74, 6) is 0.509.